The summed E-state index contributed by atoms with van der Waals surface area (Å²) in [4.78, 5) is 5.98. The molecule has 9 heteroatoms. The van der Waals surface area contributed by atoms with Crippen LogP contribution in [0.4, 0.5) is 0 Å². The zero-order valence-electron chi connectivity index (χ0n) is 74.0. The second-order valence-corrected chi connectivity index (χ2v) is 37.4. The molecule has 1 saturated carbocycles. The van der Waals surface area contributed by atoms with Crippen LogP contribution in [0, 0.1) is 40.0 Å². The molecule has 20 aromatic rings. The fourth-order valence-corrected chi connectivity index (χ4v) is 21.9. The van der Waals surface area contributed by atoms with E-state index in [-0.39, 0.29) is 0 Å². The van der Waals surface area contributed by atoms with Gasteiger partial charge in [0, 0.05) is 117 Å². The molecule has 0 N–H and O–H groups in total. The lowest BCUT2D eigenvalue weighted by Crippen LogP contribution is -2.30. The molecule has 21 rings (SSSR count). The third-order valence-electron chi connectivity index (χ3n) is 24.0. The highest BCUT2D eigenvalue weighted by atomic mass is 32.1. The van der Waals surface area contributed by atoms with Crippen LogP contribution < -0.4 is 18.3 Å². The lowest BCUT2D eigenvalue weighted by Gasteiger charge is -2.34. The zero-order valence-corrected chi connectivity index (χ0v) is 71.3. The number of hydrogen-bond acceptors (Lipinski definition) is 5. The molecule has 0 unspecified atom stereocenters. The Bertz CT molecular complexity index is 7590. The molecule has 1 fully saturated rings. The number of hydrogen-bond donors (Lipinski definition) is 0. The Morgan fingerprint density at radius 2 is 0.739 bits per heavy atom. The molecule has 568 valence electrons. The van der Waals surface area contributed by atoms with Crippen molar-refractivity contribution >= 4 is 169 Å². The Hall–Kier alpha value is -10.9. The minimum absolute atomic E-state index is 0.371. The van der Waals surface area contributed by atoms with Crippen molar-refractivity contribution in [1.82, 2.24) is 4.98 Å². The summed E-state index contributed by atoms with van der Waals surface area (Å²) in [6.45, 7) is 18.8. The molecule has 0 atom stereocenters. The molecule has 1 aliphatic carbocycles. The first kappa shape index (κ1) is 68.5. The standard InChI is InChI=1S/C31H32NS.C27H26NS.C26H24NS.C22H17N2S/c1-20-7-5-6-8-25(20)28-18-27-26-16-23-10-9-22(21-11-13-31(2,3)14-12-21)15-24(23)17-29(26)33-30(27)19-32(28)4;1-16(2)19-7-8-20-12-23-24-14-25(22-9-6-17(3)10-18(22)4)28(5)15-27(24)29-26(23)13-21(20)11-19;1-16(2)18-9-10-19-12-22-23-14-24(21-8-6-5-7-17(21)3)27(4)15-26(23)28-25(22)13-20(19)11-18;1-14-7-3-5-9-16(14)20-12-17-18-11-15-8-4-6-10-19(15)23-22(18)25-21(17)13-24(20)2/h5-10,15-19,21H,11-14H2,1-4H3;6-16H,1-5H3;5-16H,1-4H3;3-13H,1-2H3/q4*+1/i21D;3D3,16D;16D;. The van der Waals surface area contributed by atoms with E-state index in [4.69, 9.17) is 11.8 Å². The monoisotopic (exact) mass is 1580 g/mol. The van der Waals surface area contributed by atoms with Crippen LogP contribution in [-0.4, -0.2) is 4.98 Å². The van der Waals surface area contributed by atoms with Crippen LogP contribution in [0.15, 0.2) is 261 Å². The number of pyridine rings is 5. The first-order valence-electron chi connectivity index (χ1n) is 43.0. The quantitative estimate of drug-likeness (QED) is 0.146. The molecular formula is C106H99N5S4+4. The number of para-hydroxylation sites is 1. The SMILES string of the molecule is Cc1ccccc1-c1cc2c(c[n+]1C)sc1nc3ccccc3cc12.[2H]C(C)(C)c1ccc2cc3c(cc2c1)sc1c[n+](C)c(-c2ccccc2C)cc13.[2H]C([2H])([2H])c1ccc(-c2cc3c(c[n+]2C)sc2cc4cc(C([2H])(C)C)ccc4cc23)c(C)c1.[2H]C1(c2ccc3cc4c(cc3c2)sc2c[n+](C)c(-c3ccccc3C)cc24)CCC(C)(C)CC1. The van der Waals surface area contributed by atoms with Crippen molar-refractivity contribution in [1.29, 1.82) is 0 Å². The second kappa shape index (κ2) is 30.4. The van der Waals surface area contributed by atoms with Crippen molar-refractivity contribution in [3.63, 3.8) is 0 Å². The summed E-state index contributed by atoms with van der Waals surface area (Å²) in [6, 6.07) is 84.3. The summed E-state index contributed by atoms with van der Waals surface area (Å²) in [5, 5.41) is 18.7. The van der Waals surface area contributed by atoms with Crippen molar-refractivity contribution < 1.29 is 26.5 Å². The van der Waals surface area contributed by atoms with E-state index in [1.807, 2.05) is 76.5 Å². The third kappa shape index (κ3) is 14.5. The zero-order chi connectivity index (χ0) is 84.7. The molecule has 0 bridgehead atoms. The van der Waals surface area contributed by atoms with Crippen molar-refractivity contribution in [2.24, 2.45) is 33.6 Å². The van der Waals surface area contributed by atoms with Crippen LogP contribution in [0.2, 0.25) is 0 Å². The van der Waals surface area contributed by atoms with Gasteiger partial charge < -0.3 is 0 Å². The number of aryl methyl sites for hydroxylation is 9. The van der Waals surface area contributed by atoms with Crippen LogP contribution >= 0.6 is 45.3 Å². The number of benzene rings is 11. The van der Waals surface area contributed by atoms with Gasteiger partial charge in [-0.15, -0.1) is 45.3 Å². The summed E-state index contributed by atoms with van der Waals surface area (Å²) in [7, 11) is 8.43. The highest BCUT2D eigenvalue weighted by Crippen LogP contribution is 2.46. The predicted octanol–water partition coefficient (Wildman–Crippen LogP) is 28.7. The maximum atomic E-state index is 9.21. The highest BCUT2D eigenvalue weighted by molar-refractivity contribution is 7.27. The van der Waals surface area contributed by atoms with E-state index in [1.165, 1.54) is 164 Å². The molecule has 0 spiro atoms. The van der Waals surface area contributed by atoms with Gasteiger partial charge in [-0.05, 0) is 227 Å². The maximum Gasteiger partial charge on any atom is 0.213 e. The summed E-state index contributed by atoms with van der Waals surface area (Å²) < 4.78 is 66.8. The van der Waals surface area contributed by atoms with Crippen molar-refractivity contribution in [2.75, 3.05) is 0 Å². The molecule has 9 aromatic heterocycles. The second-order valence-electron chi connectivity index (χ2n) is 33.1. The summed E-state index contributed by atoms with van der Waals surface area (Å²) >= 11 is 7.26. The molecule has 0 saturated heterocycles. The number of rotatable bonds is 7. The first-order valence-corrected chi connectivity index (χ1v) is 43.2. The van der Waals surface area contributed by atoms with E-state index in [0.717, 1.165) is 69.4 Å². The number of thiophene rings is 4. The summed E-state index contributed by atoms with van der Waals surface area (Å²) in [5.41, 5.74) is 19.5. The van der Waals surface area contributed by atoms with E-state index in [0.29, 0.717) is 11.0 Å². The van der Waals surface area contributed by atoms with Gasteiger partial charge in [0.1, 0.15) is 37.7 Å². The fraction of sp³-hybridized carbons (Fsp3) is 0.217. The summed E-state index contributed by atoms with van der Waals surface area (Å²) in [5.74, 6) is -1.66. The predicted molar refractivity (Wildman–Crippen MR) is 498 cm³/mol. The van der Waals surface area contributed by atoms with Gasteiger partial charge in [0.2, 0.25) is 22.8 Å². The fourth-order valence-electron chi connectivity index (χ4n) is 17.2. The number of fused-ring (bicyclic) bond motifs is 16. The molecule has 0 aliphatic heterocycles. The van der Waals surface area contributed by atoms with Crippen molar-refractivity contribution in [3.05, 3.63) is 306 Å². The van der Waals surface area contributed by atoms with Crippen LogP contribution in [0.25, 0.3) is 169 Å². The van der Waals surface area contributed by atoms with Gasteiger partial charge in [0.15, 0.2) is 24.8 Å². The topological polar surface area (TPSA) is 28.4 Å². The van der Waals surface area contributed by atoms with Crippen LogP contribution in [0.3, 0.4) is 0 Å². The van der Waals surface area contributed by atoms with Gasteiger partial charge in [0.05, 0.1) is 19.6 Å². The Balaban J connectivity index is 0.000000111. The lowest BCUT2D eigenvalue weighted by atomic mass is 9.71. The van der Waals surface area contributed by atoms with Crippen LogP contribution in [0.5, 0.6) is 0 Å². The Morgan fingerprint density at radius 1 is 0.365 bits per heavy atom. The maximum absolute atomic E-state index is 9.21. The van der Waals surface area contributed by atoms with E-state index in [1.54, 1.807) is 34.8 Å². The van der Waals surface area contributed by atoms with Gasteiger partial charge in [-0.3, -0.25) is 0 Å². The average molecular weight is 1580 g/mol. The molecule has 1 aliphatic rings. The van der Waals surface area contributed by atoms with Crippen molar-refractivity contribution in [3.8, 4) is 45.0 Å². The smallest absolute Gasteiger partial charge is 0.213 e. The molecule has 115 heavy (non-hydrogen) atoms. The van der Waals surface area contributed by atoms with E-state index in [9.17, 15) is 1.37 Å². The first-order chi connectivity index (χ1) is 57.6. The molecule has 11 aromatic carbocycles. The Kier molecular flexibility index (Phi) is 18.1. The lowest BCUT2D eigenvalue weighted by molar-refractivity contribution is -0.659. The van der Waals surface area contributed by atoms with Gasteiger partial charge in [-0.1, -0.05) is 187 Å². The van der Waals surface area contributed by atoms with E-state index >= 15 is 0 Å². The van der Waals surface area contributed by atoms with Gasteiger partial charge >= 0.3 is 0 Å². The minimum Gasteiger partial charge on any atom is -0.237 e. The number of aromatic nitrogens is 5. The van der Waals surface area contributed by atoms with Crippen LogP contribution in [0.1, 0.15) is 138 Å². The highest BCUT2D eigenvalue weighted by Gasteiger charge is 2.29. The number of nitrogens with zero attached hydrogens (tertiary/aromatic N) is 5. The normalized spacial score (nSPS) is 14.6. The summed E-state index contributed by atoms with van der Waals surface area (Å²) in [6.07, 6.45) is 13.1. The Morgan fingerprint density at radius 3 is 1.17 bits per heavy atom. The molecule has 9 heterocycles. The molecule has 5 nitrogen and oxygen atoms in total. The minimum atomic E-state index is -2.10. The van der Waals surface area contributed by atoms with Gasteiger partial charge in [0.25, 0.3) is 0 Å². The molecular weight excluding hydrogens is 1470 g/mol. The molecule has 0 radical (unpaired) electrons. The van der Waals surface area contributed by atoms with E-state index < -0.39 is 24.5 Å². The van der Waals surface area contributed by atoms with E-state index in [2.05, 4.69) is 311 Å². The van der Waals surface area contributed by atoms with Gasteiger partial charge in [-0.2, -0.15) is 18.3 Å². The van der Waals surface area contributed by atoms with Gasteiger partial charge in [-0.25, -0.2) is 4.98 Å². The Labute approximate surface area is 699 Å². The molecule has 0 amide bonds. The van der Waals surface area contributed by atoms with Crippen LogP contribution in [-0.2, 0) is 28.2 Å². The largest absolute Gasteiger partial charge is 0.237 e. The van der Waals surface area contributed by atoms with Crippen molar-refractivity contribution in [2.45, 2.75) is 119 Å². The average Bonchev–Trinajstić information content (AvgIpc) is 1.63. The third-order valence-corrected chi connectivity index (χ3v) is 28.4.